The quantitative estimate of drug-likeness (QED) is 0.634. The molecule has 4 nitrogen and oxygen atoms in total. The number of amides is 1. The van der Waals surface area contributed by atoms with Gasteiger partial charge in [0.15, 0.2) is 5.60 Å². The van der Waals surface area contributed by atoms with Crippen molar-refractivity contribution in [2.24, 2.45) is 17.3 Å². The lowest BCUT2D eigenvalue weighted by Gasteiger charge is -2.41. The van der Waals surface area contributed by atoms with E-state index < -0.39 is 17.4 Å². The number of rotatable bonds is 3. The minimum Gasteiger partial charge on any atom is -0.375 e. The van der Waals surface area contributed by atoms with Crippen LogP contribution in [0.2, 0.25) is 10.0 Å². The van der Waals surface area contributed by atoms with Gasteiger partial charge >= 0.3 is 0 Å². The number of halogens is 2. The fraction of sp³-hybridized carbons (Fsp3) is 0.440. The van der Waals surface area contributed by atoms with Gasteiger partial charge in [0.25, 0.3) is 5.91 Å². The molecule has 1 aliphatic carbocycles. The van der Waals surface area contributed by atoms with Crippen molar-refractivity contribution in [1.82, 2.24) is 0 Å². The maximum Gasteiger partial charge on any atom is 0.264 e. The van der Waals surface area contributed by atoms with Crippen LogP contribution in [0.5, 0.6) is 0 Å². The van der Waals surface area contributed by atoms with Gasteiger partial charge in [-0.05, 0) is 42.4 Å². The van der Waals surface area contributed by atoms with Crippen LogP contribution >= 0.6 is 23.2 Å². The monoisotopic (exact) mass is 459 g/mol. The Morgan fingerprint density at radius 3 is 2.35 bits per heavy atom. The van der Waals surface area contributed by atoms with Crippen LogP contribution in [-0.4, -0.2) is 16.8 Å². The lowest BCUT2D eigenvalue weighted by atomic mass is 9.63. The summed E-state index contributed by atoms with van der Waals surface area (Å²) in [5.41, 5.74) is -0.208. The zero-order valence-electron chi connectivity index (χ0n) is 18.0. The molecule has 0 radical (unpaired) electrons. The summed E-state index contributed by atoms with van der Waals surface area (Å²) in [6, 6.07) is 12.3. The Kier molecular flexibility index (Phi) is 5.70. The second kappa shape index (κ2) is 7.91. The van der Waals surface area contributed by atoms with E-state index in [0.29, 0.717) is 39.7 Å². The number of anilines is 1. The predicted octanol–water partition coefficient (Wildman–Crippen LogP) is 5.76. The van der Waals surface area contributed by atoms with E-state index in [9.17, 15) is 14.7 Å². The summed E-state index contributed by atoms with van der Waals surface area (Å²) in [5, 5.41) is 12.8. The predicted molar refractivity (Wildman–Crippen MR) is 123 cm³/mol. The van der Waals surface area contributed by atoms with Crippen molar-refractivity contribution in [3.63, 3.8) is 0 Å². The summed E-state index contributed by atoms with van der Waals surface area (Å²) in [6.07, 6.45) is 1.64. The highest BCUT2D eigenvalue weighted by Gasteiger charge is 2.58. The topological polar surface area (TPSA) is 57.6 Å². The van der Waals surface area contributed by atoms with Crippen molar-refractivity contribution < 1.29 is 14.7 Å². The average Bonchev–Trinajstić information content (AvgIpc) is 2.93. The van der Waals surface area contributed by atoms with E-state index in [1.54, 1.807) is 36.4 Å². The van der Waals surface area contributed by atoms with Gasteiger partial charge in [0.05, 0.1) is 18.2 Å². The number of ketones is 1. The van der Waals surface area contributed by atoms with Crippen molar-refractivity contribution >= 4 is 40.6 Å². The Morgan fingerprint density at radius 2 is 1.71 bits per heavy atom. The Morgan fingerprint density at radius 1 is 1.06 bits per heavy atom. The molecule has 164 valence electrons. The molecule has 2 aromatic rings. The van der Waals surface area contributed by atoms with E-state index in [2.05, 4.69) is 20.8 Å². The van der Waals surface area contributed by atoms with E-state index in [4.69, 9.17) is 23.2 Å². The lowest BCUT2D eigenvalue weighted by Crippen LogP contribution is -2.51. The SMILES string of the molecule is CC(C)(C)[C@@H]1CCC(=O)[C@H]([C@]2(O)C(=O)N(Cc3c(Cl)cccc3Cl)c3ccccc32)C1. The van der Waals surface area contributed by atoms with Gasteiger partial charge in [-0.3, -0.25) is 9.59 Å². The zero-order chi connectivity index (χ0) is 22.6. The maximum atomic E-state index is 13.7. The molecule has 0 saturated heterocycles. The molecule has 1 aliphatic heterocycles. The van der Waals surface area contributed by atoms with E-state index in [-0.39, 0.29) is 23.7 Å². The molecule has 1 fully saturated rings. The van der Waals surface area contributed by atoms with Crippen molar-refractivity contribution in [1.29, 1.82) is 0 Å². The zero-order valence-corrected chi connectivity index (χ0v) is 19.5. The Hall–Kier alpha value is -1.88. The summed E-state index contributed by atoms with van der Waals surface area (Å²) >= 11 is 12.7. The van der Waals surface area contributed by atoms with Gasteiger partial charge in [-0.2, -0.15) is 0 Å². The molecule has 31 heavy (non-hydrogen) atoms. The van der Waals surface area contributed by atoms with Gasteiger partial charge in [0, 0.05) is 27.6 Å². The number of Topliss-reactive ketones (excluding diaryl/α,β-unsaturated/α-hetero) is 1. The third kappa shape index (κ3) is 3.69. The van der Waals surface area contributed by atoms with E-state index >= 15 is 0 Å². The van der Waals surface area contributed by atoms with Gasteiger partial charge in [0.1, 0.15) is 5.78 Å². The standard InChI is InChI=1S/C25H27Cl2NO3/c1-24(2,3)15-11-12-22(29)18(13-15)25(31)17-7-4-5-10-21(17)28(23(25)30)14-16-19(26)8-6-9-20(16)27/h4-10,15,18,31H,11-14H2,1-3H3/t15-,18-,25+/m1/s1. The van der Waals surface area contributed by atoms with Crippen LogP contribution in [-0.2, 0) is 21.7 Å². The molecule has 1 amide bonds. The Bertz CT molecular complexity index is 1030. The second-order valence-corrected chi connectivity index (χ2v) is 10.5. The average molecular weight is 460 g/mol. The summed E-state index contributed by atoms with van der Waals surface area (Å²) < 4.78 is 0. The highest BCUT2D eigenvalue weighted by Crippen LogP contribution is 2.51. The van der Waals surface area contributed by atoms with Crippen molar-refractivity contribution in [3.05, 3.63) is 63.6 Å². The van der Waals surface area contributed by atoms with E-state index in [1.165, 1.54) is 4.90 Å². The number of benzene rings is 2. The molecule has 1 heterocycles. The number of hydrogen-bond acceptors (Lipinski definition) is 3. The Labute approximate surface area is 193 Å². The molecule has 3 atom stereocenters. The van der Waals surface area contributed by atoms with Crippen LogP contribution in [0.3, 0.4) is 0 Å². The van der Waals surface area contributed by atoms with Crippen molar-refractivity contribution in [2.75, 3.05) is 4.90 Å². The fourth-order valence-corrected chi connectivity index (χ4v) is 5.53. The number of para-hydroxylation sites is 1. The van der Waals surface area contributed by atoms with Crippen molar-refractivity contribution in [3.8, 4) is 0 Å². The minimum atomic E-state index is -1.88. The highest BCUT2D eigenvalue weighted by atomic mass is 35.5. The lowest BCUT2D eigenvalue weighted by molar-refractivity contribution is -0.154. The number of carbonyl (C=O) groups excluding carboxylic acids is 2. The summed E-state index contributed by atoms with van der Waals surface area (Å²) in [6.45, 7) is 6.56. The largest absolute Gasteiger partial charge is 0.375 e. The van der Waals surface area contributed by atoms with Gasteiger partial charge < -0.3 is 10.0 Å². The van der Waals surface area contributed by atoms with Crippen LogP contribution in [0.25, 0.3) is 0 Å². The minimum absolute atomic E-state index is 0.0126. The molecule has 0 bridgehead atoms. The second-order valence-electron chi connectivity index (χ2n) is 9.73. The van der Waals surface area contributed by atoms with Crippen LogP contribution in [0.1, 0.15) is 51.2 Å². The van der Waals surface area contributed by atoms with Gasteiger partial charge in [0.2, 0.25) is 0 Å². The third-order valence-electron chi connectivity index (χ3n) is 6.93. The molecule has 1 saturated carbocycles. The third-order valence-corrected chi connectivity index (χ3v) is 7.64. The number of fused-ring (bicyclic) bond motifs is 1. The molecule has 0 spiro atoms. The van der Waals surface area contributed by atoms with Crippen LogP contribution < -0.4 is 4.90 Å². The molecule has 4 rings (SSSR count). The number of nitrogens with zero attached hydrogens (tertiary/aromatic N) is 1. The van der Waals surface area contributed by atoms with Gasteiger partial charge in [-0.25, -0.2) is 0 Å². The van der Waals surface area contributed by atoms with Crippen molar-refractivity contribution in [2.45, 2.75) is 52.2 Å². The molecule has 0 unspecified atom stereocenters. The first-order chi connectivity index (χ1) is 14.5. The Balaban J connectivity index is 1.77. The number of carbonyl (C=O) groups is 2. The maximum absolute atomic E-state index is 13.7. The van der Waals surface area contributed by atoms with Gasteiger partial charge in [-0.1, -0.05) is 68.2 Å². The van der Waals surface area contributed by atoms with Crippen LogP contribution in [0, 0.1) is 17.3 Å². The summed E-state index contributed by atoms with van der Waals surface area (Å²) in [5.74, 6) is -1.07. The first-order valence-electron chi connectivity index (χ1n) is 10.6. The molecule has 6 heteroatoms. The molecule has 0 aromatic heterocycles. The molecular formula is C25H27Cl2NO3. The van der Waals surface area contributed by atoms with Crippen LogP contribution in [0.4, 0.5) is 5.69 Å². The summed E-state index contributed by atoms with van der Waals surface area (Å²) in [4.78, 5) is 28.3. The normalized spacial score (nSPS) is 26.3. The number of hydrogen-bond donors (Lipinski definition) is 1. The van der Waals surface area contributed by atoms with Gasteiger partial charge in [-0.15, -0.1) is 0 Å². The number of aliphatic hydroxyl groups is 1. The highest BCUT2D eigenvalue weighted by molar-refractivity contribution is 6.36. The van der Waals surface area contributed by atoms with E-state index in [1.807, 2.05) is 6.07 Å². The molecule has 2 aromatic carbocycles. The molecular weight excluding hydrogens is 433 g/mol. The smallest absolute Gasteiger partial charge is 0.264 e. The summed E-state index contributed by atoms with van der Waals surface area (Å²) in [7, 11) is 0. The van der Waals surface area contributed by atoms with Crippen LogP contribution in [0.15, 0.2) is 42.5 Å². The fourth-order valence-electron chi connectivity index (χ4n) is 5.01. The van der Waals surface area contributed by atoms with E-state index in [0.717, 1.165) is 6.42 Å². The molecule has 1 N–H and O–H groups in total. The first kappa shape index (κ1) is 22.3. The molecule has 2 aliphatic rings. The first-order valence-corrected chi connectivity index (χ1v) is 11.4.